The van der Waals surface area contributed by atoms with Crippen molar-refractivity contribution in [3.8, 4) is 0 Å². The summed E-state index contributed by atoms with van der Waals surface area (Å²) in [6, 6.07) is 9.25. The van der Waals surface area contributed by atoms with Gasteiger partial charge in [0, 0.05) is 37.3 Å². The van der Waals surface area contributed by atoms with E-state index in [4.69, 9.17) is 0 Å². The van der Waals surface area contributed by atoms with Gasteiger partial charge in [-0.3, -0.25) is 9.59 Å². The second-order valence-electron chi connectivity index (χ2n) is 6.94. The Morgan fingerprint density at radius 3 is 2.52 bits per heavy atom. The highest BCUT2D eigenvalue weighted by Crippen LogP contribution is 2.13. The molecule has 2 aromatic rings. The van der Waals surface area contributed by atoms with E-state index in [9.17, 15) is 9.59 Å². The first-order chi connectivity index (χ1) is 13.1. The lowest BCUT2D eigenvalue weighted by atomic mass is 10.0. The highest BCUT2D eigenvalue weighted by Gasteiger charge is 2.22. The van der Waals surface area contributed by atoms with Crippen molar-refractivity contribution in [2.75, 3.05) is 33.2 Å². The van der Waals surface area contributed by atoms with E-state index >= 15 is 0 Å². The second-order valence-corrected chi connectivity index (χ2v) is 6.94. The van der Waals surface area contributed by atoms with Crippen LogP contribution in [0, 0.1) is 0 Å². The molecule has 2 heterocycles. The van der Waals surface area contributed by atoms with Gasteiger partial charge in [0.1, 0.15) is 0 Å². The zero-order chi connectivity index (χ0) is 18.8. The van der Waals surface area contributed by atoms with Gasteiger partial charge in [0.05, 0.1) is 10.7 Å². The number of Topliss-reactive ketones (excluding diaryl/α,β-unsaturated/α-hetero) is 1. The molecule has 0 spiro atoms. The summed E-state index contributed by atoms with van der Waals surface area (Å²) in [5.74, 6) is 0.313. The summed E-state index contributed by atoms with van der Waals surface area (Å²) in [5.41, 5.74) is 1.38. The number of imidazole rings is 1. The molecule has 6 heteroatoms. The molecule has 0 radical (unpaired) electrons. The maximum Gasteiger partial charge on any atom is 0.289 e. The van der Waals surface area contributed by atoms with Crippen molar-refractivity contribution in [2.45, 2.75) is 6.42 Å². The number of hydrogen-bond donors (Lipinski definition) is 1. The molecule has 4 rings (SSSR count). The van der Waals surface area contributed by atoms with Crippen LogP contribution in [0.25, 0.3) is 12.2 Å². The standard InChI is InChI=1S/C21H22N4O2/c1-24-11-13-25(14-12-24)21(27)20-22-17-9-7-16(8-10-18(17)23-20)19(26)15-5-3-2-4-6-15/h2-7,9-10H,8,11-14H2,1H3,(H,22,23). The Morgan fingerprint density at radius 2 is 1.78 bits per heavy atom. The van der Waals surface area contributed by atoms with Crippen LogP contribution in [0.3, 0.4) is 0 Å². The van der Waals surface area contributed by atoms with E-state index in [1.165, 1.54) is 0 Å². The fraction of sp³-hybridized carbons (Fsp3) is 0.286. The molecule has 2 aliphatic rings. The number of fused-ring (bicyclic) bond motifs is 1. The van der Waals surface area contributed by atoms with E-state index in [1.54, 1.807) is 0 Å². The normalized spacial score (nSPS) is 17.2. The first kappa shape index (κ1) is 17.4. The van der Waals surface area contributed by atoms with Crippen LogP contribution in [0.2, 0.25) is 0 Å². The van der Waals surface area contributed by atoms with E-state index in [0.29, 0.717) is 36.5 Å². The average molecular weight is 362 g/mol. The van der Waals surface area contributed by atoms with E-state index in [1.807, 2.05) is 53.5 Å². The molecular formula is C21H22N4O2. The molecule has 1 aliphatic heterocycles. The first-order valence-corrected chi connectivity index (χ1v) is 9.16. The van der Waals surface area contributed by atoms with E-state index in [2.05, 4.69) is 21.9 Å². The minimum Gasteiger partial charge on any atom is -0.334 e. The zero-order valence-electron chi connectivity index (χ0n) is 15.3. The maximum atomic E-state index is 12.7. The molecule has 1 aromatic heterocycles. The predicted octanol–water partition coefficient (Wildman–Crippen LogP) is 0.571. The molecule has 0 atom stereocenters. The van der Waals surface area contributed by atoms with Crippen molar-refractivity contribution in [3.63, 3.8) is 0 Å². The van der Waals surface area contributed by atoms with Crippen molar-refractivity contribution >= 4 is 23.8 Å². The Kier molecular flexibility index (Phi) is 4.73. The van der Waals surface area contributed by atoms with Gasteiger partial charge in [0.2, 0.25) is 0 Å². The van der Waals surface area contributed by atoms with Crippen molar-refractivity contribution in [2.24, 2.45) is 0 Å². The Bertz CT molecular complexity index is 1010. The second kappa shape index (κ2) is 7.32. The number of H-pyrrole nitrogens is 1. The summed E-state index contributed by atoms with van der Waals surface area (Å²) in [5, 5.41) is 1.49. The molecule has 1 fully saturated rings. The van der Waals surface area contributed by atoms with Crippen molar-refractivity contribution < 1.29 is 9.59 Å². The number of likely N-dealkylation sites (N-methyl/N-ethyl adjacent to an activating group) is 1. The Labute approximate surface area is 157 Å². The maximum absolute atomic E-state index is 12.7. The number of nitrogens with zero attached hydrogens (tertiary/aromatic N) is 3. The van der Waals surface area contributed by atoms with Gasteiger partial charge in [0.15, 0.2) is 11.6 Å². The van der Waals surface area contributed by atoms with Crippen LogP contribution >= 0.6 is 0 Å². The molecule has 1 amide bonds. The van der Waals surface area contributed by atoms with Crippen LogP contribution in [0.4, 0.5) is 0 Å². The van der Waals surface area contributed by atoms with E-state index in [-0.39, 0.29) is 11.7 Å². The van der Waals surface area contributed by atoms with Crippen molar-refractivity contribution in [1.82, 2.24) is 19.8 Å². The third kappa shape index (κ3) is 3.61. The molecule has 27 heavy (non-hydrogen) atoms. The number of carbonyl (C=O) groups is 2. The van der Waals surface area contributed by atoms with Gasteiger partial charge in [-0.25, -0.2) is 4.98 Å². The number of allylic oxidation sites excluding steroid dienone is 2. The Hall–Kier alpha value is -2.99. The van der Waals surface area contributed by atoms with Gasteiger partial charge in [-0.05, 0) is 19.5 Å². The molecule has 0 saturated carbocycles. The molecule has 138 valence electrons. The molecular weight excluding hydrogens is 340 g/mol. The lowest BCUT2D eigenvalue weighted by Crippen LogP contribution is -2.47. The van der Waals surface area contributed by atoms with Crippen LogP contribution < -0.4 is 10.7 Å². The lowest BCUT2D eigenvalue weighted by molar-refractivity contribution is 0.0652. The highest BCUT2D eigenvalue weighted by molar-refractivity contribution is 6.09. The summed E-state index contributed by atoms with van der Waals surface area (Å²) < 4.78 is 0. The highest BCUT2D eigenvalue weighted by atomic mass is 16.2. The quantitative estimate of drug-likeness (QED) is 0.811. The number of aromatic amines is 1. The summed E-state index contributed by atoms with van der Waals surface area (Å²) in [6.07, 6.45) is 6.05. The fourth-order valence-corrected chi connectivity index (χ4v) is 3.35. The van der Waals surface area contributed by atoms with E-state index in [0.717, 1.165) is 23.8 Å². The number of benzene rings is 1. The number of piperazine rings is 1. The summed E-state index contributed by atoms with van der Waals surface area (Å²) in [7, 11) is 2.06. The van der Waals surface area contributed by atoms with Gasteiger partial charge in [-0.15, -0.1) is 0 Å². The first-order valence-electron chi connectivity index (χ1n) is 9.16. The number of aromatic nitrogens is 2. The molecule has 0 unspecified atom stereocenters. The molecule has 1 aliphatic carbocycles. The molecule has 0 bridgehead atoms. The summed E-state index contributed by atoms with van der Waals surface area (Å²) in [4.78, 5) is 37.0. The zero-order valence-corrected chi connectivity index (χ0v) is 15.3. The third-order valence-electron chi connectivity index (χ3n) is 5.05. The minimum absolute atomic E-state index is 0.0157. The van der Waals surface area contributed by atoms with Crippen LogP contribution in [0.5, 0.6) is 0 Å². The third-order valence-corrected chi connectivity index (χ3v) is 5.05. The van der Waals surface area contributed by atoms with Gasteiger partial charge >= 0.3 is 0 Å². The number of rotatable bonds is 3. The van der Waals surface area contributed by atoms with Gasteiger partial charge < -0.3 is 14.8 Å². The largest absolute Gasteiger partial charge is 0.334 e. The SMILES string of the molecule is CN1CCN(C(=O)c2nc3c([nH]2)=CC=C(C(=O)c2ccccc2)CC=3)CC1. The van der Waals surface area contributed by atoms with Crippen LogP contribution in [0.15, 0.2) is 42.0 Å². The molecule has 1 saturated heterocycles. The monoisotopic (exact) mass is 362 g/mol. The van der Waals surface area contributed by atoms with Gasteiger partial charge in [0.25, 0.3) is 5.91 Å². The average Bonchev–Trinajstić information content (AvgIpc) is 3.01. The minimum atomic E-state index is -0.0671. The summed E-state index contributed by atoms with van der Waals surface area (Å²) in [6.45, 7) is 3.17. The van der Waals surface area contributed by atoms with Crippen LogP contribution in [0.1, 0.15) is 27.4 Å². The topological polar surface area (TPSA) is 69.3 Å². The summed E-state index contributed by atoms with van der Waals surface area (Å²) >= 11 is 0. The molecule has 1 aromatic carbocycles. The van der Waals surface area contributed by atoms with Gasteiger partial charge in [-0.2, -0.15) is 0 Å². The van der Waals surface area contributed by atoms with E-state index < -0.39 is 0 Å². The van der Waals surface area contributed by atoms with Crippen molar-refractivity contribution in [1.29, 1.82) is 0 Å². The number of carbonyl (C=O) groups excluding carboxylic acids is 2. The number of nitrogens with one attached hydrogen (secondary N) is 1. The Balaban J connectivity index is 1.57. The molecule has 6 nitrogen and oxygen atoms in total. The smallest absolute Gasteiger partial charge is 0.289 e. The fourth-order valence-electron chi connectivity index (χ4n) is 3.35. The molecule has 1 N–H and O–H groups in total. The Morgan fingerprint density at radius 1 is 1.04 bits per heavy atom. The lowest BCUT2D eigenvalue weighted by Gasteiger charge is -2.31. The predicted molar refractivity (Wildman–Crippen MR) is 104 cm³/mol. The van der Waals surface area contributed by atoms with Crippen LogP contribution in [-0.4, -0.2) is 64.7 Å². The van der Waals surface area contributed by atoms with Gasteiger partial charge in [-0.1, -0.05) is 42.5 Å². The number of amides is 1. The van der Waals surface area contributed by atoms with Crippen molar-refractivity contribution in [3.05, 3.63) is 64.1 Å². The van der Waals surface area contributed by atoms with Crippen LogP contribution in [-0.2, 0) is 0 Å². The number of ketones is 1. The number of hydrogen-bond acceptors (Lipinski definition) is 4.